The Morgan fingerprint density at radius 3 is 2.36 bits per heavy atom. The van der Waals surface area contributed by atoms with Crippen LogP contribution < -0.4 is 9.47 Å². The quantitative estimate of drug-likeness (QED) is 0.603. The number of hydrogen-bond acceptors (Lipinski definition) is 3. The van der Waals surface area contributed by atoms with Crippen molar-refractivity contribution in [1.29, 1.82) is 0 Å². The molecule has 0 aromatic heterocycles. The molecule has 0 bridgehead atoms. The van der Waals surface area contributed by atoms with E-state index in [4.69, 9.17) is 9.47 Å². The first-order valence-corrected chi connectivity index (χ1v) is 10.9. The van der Waals surface area contributed by atoms with E-state index in [0.717, 1.165) is 30.1 Å². The molecule has 3 nitrogen and oxygen atoms in total. The van der Waals surface area contributed by atoms with Crippen LogP contribution in [0.25, 0.3) is 0 Å². The Balaban J connectivity index is 1.93. The first-order valence-electron chi connectivity index (χ1n) is 10.9. The van der Waals surface area contributed by atoms with Gasteiger partial charge in [-0.3, -0.25) is 4.79 Å². The molecule has 2 fully saturated rings. The van der Waals surface area contributed by atoms with Crippen LogP contribution >= 0.6 is 0 Å². The standard InChI is InChI=1S/C25H36O3/c1-15(26)16-13-18(27-6)22(28-7)17-14-20-24(4)11-8-10-23(2,3)19(24)9-12-25(20,5)21(16)17/h13,19-20H,8-12,14H2,1-7H3/t19?,20-,24+,25-/m1/s1. The minimum Gasteiger partial charge on any atom is -0.493 e. The Morgan fingerprint density at radius 1 is 1.04 bits per heavy atom. The molecule has 1 unspecified atom stereocenters. The lowest BCUT2D eigenvalue weighted by Crippen LogP contribution is -2.55. The van der Waals surface area contributed by atoms with Gasteiger partial charge in [0.15, 0.2) is 17.3 Å². The lowest BCUT2D eigenvalue weighted by atomic mass is 9.43. The van der Waals surface area contributed by atoms with Gasteiger partial charge in [-0.15, -0.1) is 0 Å². The molecule has 4 rings (SSSR count). The van der Waals surface area contributed by atoms with E-state index in [2.05, 4.69) is 27.7 Å². The summed E-state index contributed by atoms with van der Waals surface area (Å²) >= 11 is 0. The Labute approximate surface area is 170 Å². The number of ketones is 1. The topological polar surface area (TPSA) is 35.5 Å². The van der Waals surface area contributed by atoms with Crippen molar-refractivity contribution in [1.82, 2.24) is 0 Å². The summed E-state index contributed by atoms with van der Waals surface area (Å²) in [5.41, 5.74) is 4.06. The molecule has 1 aromatic carbocycles. The first kappa shape index (κ1) is 19.8. The number of ether oxygens (including phenoxy) is 2. The van der Waals surface area contributed by atoms with Crippen molar-refractivity contribution in [2.75, 3.05) is 14.2 Å². The van der Waals surface area contributed by atoms with Crippen LogP contribution in [0, 0.1) is 22.7 Å². The molecular weight excluding hydrogens is 348 g/mol. The lowest BCUT2D eigenvalue weighted by Gasteiger charge is -2.61. The van der Waals surface area contributed by atoms with Gasteiger partial charge in [0.25, 0.3) is 0 Å². The maximum Gasteiger partial charge on any atom is 0.164 e. The summed E-state index contributed by atoms with van der Waals surface area (Å²) in [4.78, 5) is 12.7. The average Bonchev–Trinajstić information content (AvgIpc) is 2.94. The summed E-state index contributed by atoms with van der Waals surface area (Å²) in [7, 11) is 3.39. The van der Waals surface area contributed by atoms with E-state index in [9.17, 15) is 4.79 Å². The molecule has 4 atom stereocenters. The number of carbonyl (C=O) groups is 1. The summed E-state index contributed by atoms with van der Waals surface area (Å²) in [5.74, 6) is 2.96. The summed E-state index contributed by atoms with van der Waals surface area (Å²) in [6, 6.07) is 1.92. The van der Waals surface area contributed by atoms with Gasteiger partial charge in [0.2, 0.25) is 0 Å². The Kier molecular flexibility index (Phi) is 4.41. The van der Waals surface area contributed by atoms with Gasteiger partial charge in [0.1, 0.15) is 0 Å². The number of fused-ring (bicyclic) bond motifs is 5. The lowest BCUT2D eigenvalue weighted by molar-refractivity contribution is -0.0983. The molecule has 0 amide bonds. The molecule has 0 radical (unpaired) electrons. The van der Waals surface area contributed by atoms with Gasteiger partial charge in [-0.1, -0.05) is 34.1 Å². The van der Waals surface area contributed by atoms with Crippen LogP contribution in [0.3, 0.4) is 0 Å². The fraction of sp³-hybridized carbons (Fsp3) is 0.720. The molecule has 3 aliphatic carbocycles. The van der Waals surface area contributed by atoms with Crippen molar-refractivity contribution < 1.29 is 14.3 Å². The Bertz CT molecular complexity index is 824. The second kappa shape index (κ2) is 6.24. The monoisotopic (exact) mass is 384 g/mol. The van der Waals surface area contributed by atoms with E-state index in [-0.39, 0.29) is 11.2 Å². The van der Waals surface area contributed by atoms with Gasteiger partial charge in [-0.2, -0.15) is 0 Å². The number of hydrogen-bond donors (Lipinski definition) is 0. The van der Waals surface area contributed by atoms with Crippen molar-refractivity contribution in [2.24, 2.45) is 22.7 Å². The van der Waals surface area contributed by atoms with Gasteiger partial charge in [0.05, 0.1) is 14.2 Å². The second-order valence-electron chi connectivity index (χ2n) is 10.7. The van der Waals surface area contributed by atoms with Crippen molar-refractivity contribution in [3.05, 3.63) is 22.8 Å². The normalized spacial score (nSPS) is 35.5. The van der Waals surface area contributed by atoms with Crippen molar-refractivity contribution >= 4 is 5.78 Å². The number of carbonyl (C=O) groups excluding carboxylic acids is 1. The number of Topliss-reactive ketones (excluding diaryl/α,β-unsaturated/α-hetero) is 1. The zero-order valence-corrected chi connectivity index (χ0v) is 18.7. The van der Waals surface area contributed by atoms with E-state index in [0.29, 0.717) is 22.5 Å². The van der Waals surface area contributed by atoms with Crippen molar-refractivity contribution in [3.63, 3.8) is 0 Å². The number of methoxy groups -OCH3 is 2. The number of rotatable bonds is 3. The predicted octanol–water partition coefficient (Wildman–Crippen LogP) is 5.96. The van der Waals surface area contributed by atoms with E-state index < -0.39 is 0 Å². The zero-order chi connectivity index (χ0) is 20.5. The largest absolute Gasteiger partial charge is 0.493 e. The molecule has 28 heavy (non-hydrogen) atoms. The molecule has 0 spiro atoms. The van der Waals surface area contributed by atoms with Gasteiger partial charge < -0.3 is 9.47 Å². The van der Waals surface area contributed by atoms with Gasteiger partial charge in [-0.05, 0) is 78.7 Å². The van der Waals surface area contributed by atoms with E-state index in [1.165, 1.54) is 36.8 Å². The van der Waals surface area contributed by atoms with Crippen LogP contribution in [0.5, 0.6) is 11.5 Å². The molecule has 0 saturated heterocycles. The van der Waals surface area contributed by atoms with E-state index in [1.54, 1.807) is 21.1 Å². The van der Waals surface area contributed by atoms with Gasteiger partial charge >= 0.3 is 0 Å². The Morgan fingerprint density at radius 2 is 1.75 bits per heavy atom. The van der Waals surface area contributed by atoms with E-state index in [1.807, 2.05) is 6.07 Å². The molecule has 0 N–H and O–H groups in total. The highest BCUT2D eigenvalue weighted by Gasteiger charge is 2.62. The van der Waals surface area contributed by atoms with Crippen molar-refractivity contribution in [2.45, 2.75) is 78.6 Å². The first-order chi connectivity index (χ1) is 13.1. The van der Waals surface area contributed by atoms with Crippen LogP contribution in [0.15, 0.2) is 6.07 Å². The zero-order valence-electron chi connectivity index (χ0n) is 18.7. The second-order valence-corrected chi connectivity index (χ2v) is 10.7. The highest BCUT2D eigenvalue weighted by molar-refractivity contribution is 5.97. The SMILES string of the molecule is COc1cc(C(C)=O)c2c(c1OC)C[C@H]1[C@@]2(C)CCC2C(C)(C)CCC[C@@]21C. The maximum absolute atomic E-state index is 12.7. The molecule has 1 aromatic rings. The molecule has 0 heterocycles. The molecule has 2 saturated carbocycles. The van der Waals surface area contributed by atoms with Crippen molar-refractivity contribution in [3.8, 4) is 11.5 Å². The minimum atomic E-state index is 0.0363. The van der Waals surface area contributed by atoms with Crippen LogP contribution in [0.2, 0.25) is 0 Å². The fourth-order valence-electron chi connectivity index (χ4n) is 7.81. The predicted molar refractivity (Wildman–Crippen MR) is 113 cm³/mol. The molecule has 3 heteroatoms. The third kappa shape index (κ3) is 2.44. The molecule has 154 valence electrons. The summed E-state index contributed by atoms with van der Waals surface area (Å²) in [5, 5.41) is 0. The van der Waals surface area contributed by atoms with Crippen LogP contribution in [0.4, 0.5) is 0 Å². The molecule has 0 aliphatic heterocycles. The molecule has 3 aliphatic rings. The summed E-state index contributed by atoms with van der Waals surface area (Å²) < 4.78 is 11.5. The van der Waals surface area contributed by atoms with Crippen LogP contribution in [-0.4, -0.2) is 20.0 Å². The van der Waals surface area contributed by atoms with Gasteiger partial charge in [0, 0.05) is 11.1 Å². The average molecular weight is 385 g/mol. The van der Waals surface area contributed by atoms with Crippen LogP contribution in [0.1, 0.15) is 88.2 Å². The molecular formula is C25H36O3. The fourth-order valence-corrected chi connectivity index (χ4v) is 7.81. The summed E-state index contributed by atoms with van der Waals surface area (Å²) in [6.45, 7) is 11.6. The van der Waals surface area contributed by atoms with Gasteiger partial charge in [-0.25, -0.2) is 0 Å². The van der Waals surface area contributed by atoms with Crippen LogP contribution in [-0.2, 0) is 11.8 Å². The minimum absolute atomic E-state index is 0.0363. The highest BCUT2D eigenvalue weighted by Crippen LogP contribution is 2.68. The highest BCUT2D eigenvalue weighted by atomic mass is 16.5. The third-order valence-corrected chi connectivity index (χ3v) is 8.92. The third-order valence-electron chi connectivity index (χ3n) is 8.92. The maximum atomic E-state index is 12.7. The number of benzene rings is 1. The Hall–Kier alpha value is -1.51. The smallest absolute Gasteiger partial charge is 0.164 e. The van der Waals surface area contributed by atoms with E-state index >= 15 is 0 Å². The summed E-state index contributed by atoms with van der Waals surface area (Å²) in [6.07, 6.45) is 7.34.